The zero-order valence-corrected chi connectivity index (χ0v) is 15.2. The molecule has 5 nitrogen and oxygen atoms in total. The number of hydrogen-bond donors (Lipinski definition) is 1. The third kappa shape index (κ3) is 6.13. The normalized spacial score (nSPS) is 14.8. The molecule has 1 aromatic carbocycles. The summed E-state index contributed by atoms with van der Waals surface area (Å²) >= 11 is 0. The molecule has 0 unspecified atom stereocenters. The van der Waals surface area contributed by atoms with Gasteiger partial charge in [-0.15, -0.1) is 12.4 Å². The predicted octanol–water partition coefficient (Wildman–Crippen LogP) is 2.68. The fourth-order valence-electron chi connectivity index (χ4n) is 2.79. The van der Waals surface area contributed by atoms with Crippen LogP contribution in [0, 0.1) is 0 Å². The minimum absolute atomic E-state index is 0. The summed E-state index contributed by atoms with van der Waals surface area (Å²) in [6.45, 7) is 3.70. The summed E-state index contributed by atoms with van der Waals surface area (Å²) in [6.07, 6.45) is 3.25. The van der Waals surface area contributed by atoms with E-state index in [1.54, 1.807) is 12.1 Å². The van der Waals surface area contributed by atoms with Crippen LogP contribution in [0.4, 0.5) is 0 Å². The Kier molecular flexibility index (Phi) is 8.79. The van der Waals surface area contributed by atoms with Crippen molar-refractivity contribution < 1.29 is 14.3 Å². The van der Waals surface area contributed by atoms with Crippen molar-refractivity contribution in [2.75, 3.05) is 26.7 Å². The van der Waals surface area contributed by atoms with Gasteiger partial charge in [0.1, 0.15) is 5.75 Å². The Labute approximate surface area is 150 Å². The lowest BCUT2D eigenvalue weighted by atomic mass is 10.0. The Morgan fingerprint density at radius 3 is 2.62 bits per heavy atom. The number of Topliss-reactive ketones (excluding diaryl/α,β-unsaturated/α-hetero) is 1. The first-order chi connectivity index (χ1) is 11.1. The van der Waals surface area contributed by atoms with Crippen LogP contribution in [0.3, 0.4) is 0 Å². The number of amides is 1. The van der Waals surface area contributed by atoms with Gasteiger partial charge in [0, 0.05) is 31.1 Å². The second-order valence-electron chi connectivity index (χ2n) is 5.98. The van der Waals surface area contributed by atoms with E-state index in [4.69, 9.17) is 4.74 Å². The number of rotatable bonds is 7. The highest BCUT2D eigenvalue weighted by atomic mass is 35.5. The van der Waals surface area contributed by atoms with E-state index < -0.39 is 0 Å². The minimum Gasteiger partial charge on any atom is -0.494 e. The molecule has 1 amide bonds. The number of nitrogens with zero attached hydrogens (tertiary/aromatic N) is 1. The van der Waals surface area contributed by atoms with E-state index in [0.29, 0.717) is 36.8 Å². The van der Waals surface area contributed by atoms with E-state index in [-0.39, 0.29) is 24.1 Å². The minimum atomic E-state index is 0. The molecule has 1 aliphatic heterocycles. The molecule has 24 heavy (non-hydrogen) atoms. The number of carbonyl (C=O) groups excluding carboxylic acids is 2. The van der Waals surface area contributed by atoms with Crippen LogP contribution in [0.5, 0.6) is 5.75 Å². The summed E-state index contributed by atoms with van der Waals surface area (Å²) in [5.41, 5.74) is 0.644. The van der Waals surface area contributed by atoms with Crippen LogP contribution in [-0.4, -0.2) is 49.4 Å². The highest BCUT2D eigenvalue weighted by Crippen LogP contribution is 2.15. The molecule has 0 spiro atoms. The van der Waals surface area contributed by atoms with Crippen LogP contribution in [0.1, 0.15) is 43.0 Å². The molecule has 2 rings (SSSR count). The number of piperidine rings is 1. The Hall–Kier alpha value is -1.59. The first-order valence-electron chi connectivity index (χ1n) is 8.29. The number of hydrogen-bond acceptors (Lipinski definition) is 4. The number of likely N-dealkylation sites (tertiary alicyclic amines) is 1. The molecule has 1 aromatic rings. The summed E-state index contributed by atoms with van der Waals surface area (Å²) in [5, 5.41) is 3.26. The van der Waals surface area contributed by atoms with E-state index in [9.17, 15) is 9.59 Å². The Morgan fingerprint density at radius 2 is 2.00 bits per heavy atom. The molecule has 134 valence electrons. The fraction of sp³-hybridized carbons (Fsp3) is 0.556. The second kappa shape index (κ2) is 10.3. The van der Waals surface area contributed by atoms with E-state index in [1.807, 2.05) is 24.1 Å². The summed E-state index contributed by atoms with van der Waals surface area (Å²) < 4.78 is 5.64. The molecule has 0 radical (unpaired) electrons. The highest BCUT2D eigenvalue weighted by Gasteiger charge is 2.21. The molecule has 1 saturated heterocycles. The monoisotopic (exact) mass is 354 g/mol. The van der Waals surface area contributed by atoms with Gasteiger partial charge in [-0.05, 0) is 45.4 Å². The first-order valence-corrected chi connectivity index (χ1v) is 8.29. The third-order valence-corrected chi connectivity index (χ3v) is 4.30. The van der Waals surface area contributed by atoms with Gasteiger partial charge in [-0.25, -0.2) is 0 Å². The SMILES string of the molecule is CNC1CCN(C(=O)CCCOc2cccc(C(C)=O)c2)CC1.Cl. The van der Waals surface area contributed by atoms with E-state index in [0.717, 1.165) is 25.9 Å². The van der Waals surface area contributed by atoms with Crippen LogP contribution >= 0.6 is 12.4 Å². The van der Waals surface area contributed by atoms with Crippen LogP contribution in [0.25, 0.3) is 0 Å². The topological polar surface area (TPSA) is 58.6 Å². The van der Waals surface area contributed by atoms with Crippen LogP contribution in [-0.2, 0) is 4.79 Å². The summed E-state index contributed by atoms with van der Waals surface area (Å²) in [7, 11) is 1.97. The molecule has 0 saturated carbocycles. The number of halogens is 1. The van der Waals surface area contributed by atoms with Crippen molar-refractivity contribution in [2.24, 2.45) is 0 Å². The molecule has 0 bridgehead atoms. The lowest BCUT2D eigenvalue weighted by Gasteiger charge is -2.31. The van der Waals surface area contributed by atoms with Gasteiger partial charge in [0.25, 0.3) is 0 Å². The third-order valence-electron chi connectivity index (χ3n) is 4.30. The molecule has 1 aliphatic rings. The Balaban J connectivity index is 0.00000288. The van der Waals surface area contributed by atoms with Crippen molar-refractivity contribution >= 4 is 24.1 Å². The average Bonchev–Trinajstić information content (AvgIpc) is 2.59. The van der Waals surface area contributed by atoms with Gasteiger partial charge in [0.2, 0.25) is 5.91 Å². The van der Waals surface area contributed by atoms with Gasteiger partial charge >= 0.3 is 0 Å². The van der Waals surface area contributed by atoms with Crippen molar-refractivity contribution in [1.29, 1.82) is 0 Å². The number of ketones is 1. The maximum Gasteiger partial charge on any atom is 0.222 e. The van der Waals surface area contributed by atoms with E-state index >= 15 is 0 Å². The van der Waals surface area contributed by atoms with Gasteiger partial charge in [0.05, 0.1) is 6.61 Å². The molecule has 6 heteroatoms. The lowest BCUT2D eigenvalue weighted by molar-refractivity contribution is -0.132. The van der Waals surface area contributed by atoms with E-state index in [1.165, 1.54) is 6.92 Å². The Morgan fingerprint density at radius 1 is 1.29 bits per heavy atom. The quantitative estimate of drug-likeness (QED) is 0.604. The lowest BCUT2D eigenvalue weighted by Crippen LogP contribution is -2.43. The van der Waals surface area contributed by atoms with Gasteiger partial charge in [-0.1, -0.05) is 12.1 Å². The molecule has 1 heterocycles. The smallest absolute Gasteiger partial charge is 0.222 e. The zero-order valence-electron chi connectivity index (χ0n) is 14.4. The van der Waals surface area contributed by atoms with Crippen LogP contribution in [0.15, 0.2) is 24.3 Å². The number of benzene rings is 1. The van der Waals surface area contributed by atoms with Crippen LogP contribution in [0.2, 0.25) is 0 Å². The second-order valence-corrected chi connectivity index (χ2v) is 5.98. The predicted molar refractivity (Wildman–Crippen MR) is 97.1 cm³/mol. The average molecular weight is 355 g/mol. The van der Waals surface area contributed by atoms with Crippen molar-refractivity contribution in [2.45, 2.75) is 38.6 Å². The molecular weight excluding hydrogens is 328 g/mol. The van der Waals surface area contributed by atoms with Crippen LogP contribution < -0.4 is 10.1 Å². The number of carbonyl (C=O) groups is 2. The number of nitrogens with one attached hydrogen (secondary N) is 1. The van der Waals surface area contributed by atoms with Crippen molar-refractivity contribution in [3.05, 3.63) is 29.8 Å². The van der Waals surface area contributed by atoms with Gasteiger partial charge in [-0.2, -0.15) is 0 Å². The Bertz CT molecular complexity index is 543. The zero-order chi connectivity index (χ0) is 16.7. The summed E-state index contributed by atoms with van der Waals surface area (Å²) in [4.78, 5) is 25.4. The van der Waals surface area contributed by atoms with Crippen molar-refractivity contribution in [3.8, 4) is 5.75 Å². The van der Waals surface area contributed by atoms with Gasteiger partial charge < -0.3 is 15.0 Å². The molecule has 0 aliphatic carbocycles. The highest BCUT2D eigenvalue weighted by molar-refractivity contribution is 5.94. The molecule has 1 N–H and O–H groups in total. The first kappa shape index (κ1) is 20.5. The largest absolute Gasteiger partial charge is 0.494 e. The summed E-state index contributed by atoms with van der Waals surface area (Å²) in [5.74, 6) is 0.913. The fourth-order valence-corrected chi connectivity index (χ4v) is 2.79. The van der Waals surface area contributed by atoms with Gasteiger partial charge in [0.15, 0.2) is 5.78 Å². The van der Waals surface area contributed by atoms with Crippen molar-refractivity contribution in [3.63, 3.8) is 0 Å². The maximum atomic E-state index is 12.2. The number of ether oxygens (including phenoxy) is 1. The molecule has 1 fully saturated rings. The summed E-state index contributed by atoms with van der Waals surface area (Å²) in [6, 6.07) is 7.69. The molecular formula is C18H27ClN2O3. The van der Waals surface area contributed by atoms with E-state index in [2.05, 4.69) is 5.32 Å². The standard InChI is InChI=1S/C18H26N2O3.ClH/c1-14(21)15-5-3-6-17(13-15)23-12-4-7-18(22)20-10-8-16(19-2)9-11-20;/h3,5-6,13,16,19H,4,7-12H2,1-2H3;1H. The molecule has 0 atom stereocenters. The maximum absolute atomic E-state index is 12.2. The van der Waals surface area contributed by atoms with Gasteiger partial charge in [-0.3, -0.25) is 9.59 Å². The van der Waals surface area contributed by atoms with Crippen molar-refractivity contribution in [1.82, 2.24) is 10.2 Å². The molecule has 0 aromatic heterocycles.